The molecule has 0 bridgehead atoms. The van der Waals surface area contributed by atoms with Crippen molar-refractivity contribution >= 4 is 15.9 Å². The van der Waals surface area contributed by atoms with Crippen molar-refractivity contribution in [3.63, 3.8) is 0 Å². The first-order chi connectivity index (χ1) is 8.74. The van der Waals surface area contributed by atoms with Crippen molar-refractivity contribution in [2.45, 2.75) is 25.4 Å². The molecule has 2 rings (SSSR count). The Morgan fingerprint density at radius 1 is 1.22 bits per heavy atom. The highest BCUT2D eigenvalue weighted by atomic mass is 79.9. The van der Waals surface area contributed by atoms with E-state index in [1.807, 2.05) is 6.07 Å². The fourth-order valence-electron chi connectivity index (χ4n) is 2.12. The van der Waals surface area contributed by atoms with Gasteiger partial charge < -0.3 is 14.8 Å². The van der Waals surface area contributed by atoms with Crippen LogP contribution in [0.1, 0.15) is 18.4 Å². The predicted octanol–water partition coefficient (Wildman–Crippen LogP) is 3.27. The lowest BCUT2D eigenvalue weighted by molar-refractivity contribution is 0.352. The van der Waals surface area contributed by atoms with Gasteiger partial charge in [-0.25, -0.2) is 0 Å². The quantitative estimate of drug-likeness (QED) is 0.847. The number of hydrogen-bond acceptors (Lipinski definition) is 3. The van der Waals surface area contributed by atoms with Crippen LogP contribution in [0.25, 0.3) is 0 Å². The third-order valence-corrected chi connectivity index (χ3v) is 3.69. The van der Waals surface area contributed by atoms with Gasteiger partial charge in [0.1, 0.15) is 0 Å². The van der Waals surface area contributed by atoms with E-state index in [1.165, 1.54) is 5.56 Å². The summed E-state index contributed by atoms with van der Waals surface area (Å²) in [5.41, 5.74) is 1.19. The van der Waals surface area contributed by atoms with Gasteiger partial charge in [0.2, 0.25) is 0 Å². The third kappa shape index (κ3) is 3.06. The van der Waals surface area contributed by atoms with Crippen LogP contribution in [0.4, 0.5) is 0 Å². The van der Waals surface area contributed by atoms with Crippen molar-refractivity contribution in [1.82, 2.24) is 5.32 Å². The molecule has 0 atom stereocenters. The van der Waals surface area contributed by atoms with Crippen molar-refractivity contribution in [2.75, 3.05) is 14.2 Å². The first-order valence-corrected chi connectivity index (χ1v) is 6.82. The fraction of sp³-hybridized carbons (Fsp3) is 0.429. The van der Waals surface area contributed by atoms with Crippen LogP contribution < -0.4 is 14.8 Å². The lowest BCUT2D eigenvalue weighted by Crippen LogP contribution is -2.25. The van der Waals surface area contributed by atoms with Crippen molar-refractivity contribution in [1.29, 1.82) is 0 Å². The molecule has 0 saturated heterocycles. The Labute approximate surface area is 116 Å². The zero-order chi connectivity index (χ0) is 13.0. The molecule has 0 aliphatic heterocycles. The van der Waals surface area contributed by atoms with Crippen molar-refractivity contribution in [2.24, 2.45) is 0 Å². The van der Waals surface area contributed by atoms with E-state index in [2.05, 4.69) is 39.5 Å². The molecule has 0 heterocycles. The van der Waals surface area contributed by atoms with Crippen molar-refractivity contribution in [3.05, 3.63) is 34.3 Å². The Morgan fingerprint density at radius 3 is 2.56 bits per heavy atom. The maximum absolute atomic E-state index is 5.33. The molecule has 3 nitrogen and oxygen atoms in total. The molecule has 1 aromatic carbocycles. The van der Waals surface area contributed by atoms with Gasteiger partial charge in [0.05, 0.1) is 18.7 Å². The number of rotatable bonds is 5. The Bertz CT molecular complexity index is 438. The van der Waals surface area contributed by atoms with Gasteiger partial charge in [-0.15, -0.1) is 0 Å². The molecule has 0 saturated carbocycles. The minimum absolute atomic E-state index is 0.567. The lowest BCUT2D eigenvalue weighted by Gasteiger charge is -2.15. The van der Waals surface area contributed by atoms with E-state index in [4.69, 9.17) is 9.47 Å². The van der Waals surface area contributed by atoms with Gasteiger partial charge in [-0.3, -0.25) is 0 Å². The summed E-state index contributed by atoms with van der Waals surface area (Å²) < 4.78 is 11.6. The maximum Gasteiger partial charge on any atom is 0.174 e. The molecule has 0 fully saturated rings. The summed E-state index contributed by atoms with van der Waals surface area (Å²) in [4.78, 5) is 0. The average molecular weight is 312 g/mol. The second-order valence-corrected chi connectivity index (χ2v) is 5.19. The van der Waals surface area contributed by atoms with Crippen LogP contribution in [0.3, 0.4) is 0 Å². The van der Waals surface area contributed by atoms with Gasteiger partial charge in [0.15, 0.2) is 11.5 Å². The molecule has 4 heteroatoms. The molecule has 0 unspecified atom stereocenters. The third-order valence-electron chi connectivity index (χ3n) is 3.10. The van der Waals surface area contributed by atoms with E-state index in [-0.39, 0.29) is 0 Å². The molecule has 1 aliphatic carbocycles. The number of methoxy groups -OCH3 is 2. The van der Waals surface area contributed by atoms with Crippen molar-refractivity contribution in [3.8, 4) is 11.5 Å². The zero-order valence-electron chi connectivity index (χ0n) is 10.7. The lowest BCUT2D eigenvalue weighted by atomic mass is 10.1. The molecule has 98 valence electrons. The van der Waals surface area contributed by atoms with Crippen LogP contribution in [-0.4, -0.2) is 20.3 Å². The van der Waals surface area contributed by atoms with E-state index >= 15 is 0 Å². The summed E-state index contributed by atoms with van der Waals surface area (Å²) in [6.45, 7) is 0.839. The molecule has 0 amide bonds. The van der Waals surface area contributed by atoms with E-state index in [0.717, 1.165) is 35.4 Å². The molecular weight excluding hydrogens is 294 g/mol. The van der Waals surface area contributed by atoms with Crippen LogP contribution in [0.15, 0.2) is 28.8 Å². The summed E-state index contributed by atoms with van der Waals surface area (Å²) in [7, 11) is 3.30. The molecule has 1 N–H and O–H groups in total. The van der Waals surface area contributed by atoms with Crippen LogP contribution in [-0.2, 0) is 6.54 Å². The monoisotopic (exact) mass is 311 g/mol. The van der Waals surface area contributed by atoms with Crippen LogP contribution in [0.2, 0.25) is 0 Å². The Kier molecular flexibility index (Phi) is 4.66. The van der Waals surface area contributed by atoms with E-state index in [9.17, 15) is 0 Å². The summed E-state index contributed by atoms with van der Waals surface area (Å²) >= 11 is 3.51. The Hall–Kier alpha value is -1.00. The topological polar surface area (TPSA) is 30.5 Å². The van der Waals surface area contributed by atoms with E-state index in [1.54, 1.807) is 14.2 Å². The standard InChI is InChI=1S/C14H18BrNO2/c1-17-13-8-10(7-12(15)14(13)18-2)9-16-11-5-3-4-6-11/h3-4,7-8,11,16H,5-6,9H2,1-2H3. The molecule has 0 spiro atoms. The molecule has 0 radical (unpaired) electrons. The van der Waals surface area contributed by atoms with Crippen LogP contribution in [0.5, 0.6) is 11.5 Å². The number of hydrogen-bond donors (Lipinski definition) is 1. The summed E-state index contributed by atoms with van der Waals surface area (Å²) in [5, 5.41) is 3.53. The number of ether oxygens (including phenoxy) is 2. The molecule has 0 aromatic heterocycles. The van der Waals surface area contributed by atoms with Gasteiger partial charge in [0, 0.05) is 12.6 Å². The Balaban J connectivity index is 2.06. The highest BCUT2D eigenvalue weighted by molar-refractivity contribution is 9.10. The predicted molar refractivity (Wildman–Crippen MR) is 76.2 cm³/mol. The first-order valence-electron chi connectivity index (χ1n) is 6.03. The van der Waals surface area contributed by atoms with Gasteiger partial charge in [-0.05, 0) is 46.5 Å². The van der Waals surface area contributed by atoms with Crippen LogP contribution >= 0.6 is 15.9 Å². The minimum Gasteiger partial charge on any atom is -0.493 e. The fourth-order valence-corrected chi connectivity index (χ4v) is 2.77. The molecule has 18 heavy (non-hydrogen) atoms. The second-order valence-electron chi connectivity index (χ2n) is 4.33. The minimum atomic E-state index is 0.567. The number of halogens is 1. The van der Waals surface area contributed by atoms with Crippen molar-refractivity contribution < 1.29 is 9.47 Å². The molecule has 1 aromatic rings. The SMILES string of the molecule is COc1cc(CNC2CC=CC2)cc(Br)c1OC. The van der Waals surface area contributed by atoms with Gasteiger partial charge in [0.25, 0.3) is 0 Å². The summed E-state index contributed by atoms with van der Waals surface area (Å²) in [6.07, 6.45) is 6.69. The van der Waals surface area contributed by atoms with Gasteiger partial charge in [-0.1, -0.05) is 12.2 Å². The highest BCUT2D eigenvalue weighted by Gasteiger charge is 2.12. The van der Waals surface area contributed by atoms with Crippen LogP contribution in [0, 0.1) is 0 Å². The number of nitrogens with one attached hydrogen (secondary N) is 1. The maximum atomic E-state index is 5.33. The molecular formula is C14H18BrNO2. The van der Waals surface area contributed by atoms with E-state index in [0.29, 0.717) is 6.04 Å². The first kappa shape index (κ1) is 13.4. The normalized spacial score (nSPS) is 15.1. The van der Waals surface area contributed by atoms with Gasteiger partial charge in [-0.2, -0.15) is 0 Å². The highest BCUT2D eigenvalue weighted by Crippen LogP contribution is 2.36. The zero-order valence-corrected chi connectivity index (χ0v) is 12.3. The van der Waals surface area contributed by atoms with Gasteiger partial charge >= 0.3 is 0 Å². The number of benzene rings is 1. The average Bonchev–Trinajstić information content (AvgIpc) is 2.88. The largest absolute Gasteiger partial charge is 0.493 e. The molecule has 1 aliphatic rings. The summed E-state index contributed by atoms with van der Waals surface area (Å²) in [6, 6.07) is 4.65. The summed E-state index contributed by atoms with van der Waals surface area (Å²) in [5.74, 6) is 1.50. The smallest absolute Gasteiger partial charge is 0.174 e. The Morgan fingerprint density at radius 2 is 1.94 bits per heavy atom. The van der Waals surface area contributed by atoms with E-state index < -0.39 is 0 Å². The second kappa shape index (κ2) is 6.25.